The van der Waals surface area contributed by atoms with Crippen molar-refractivity contribution in [1.29, 1.82) is 0 Å². The lowest BCUT2D eigenvalue weighted by Crippen LogP contribution is -2.23. The van der Waals surface area contributed by atoms with Crippen LogP contribution in [-0.2, 0) is 6.42 Å². The average Bonchev–Trinajstić information content (AvgIpc) is 2.41. The van der Waals surface area contributed by atoms with Gasteiger partial charge in [0.2, 0.25) is 0 Å². The number of halogens is 3. The molecule has 0 radical (unpaired) electrons. The van der Waals surface area contributed by atoms with Gasteiger partial charge in [-0.3, -0.25) is 0 Å². The van der Waals surface area contributed by atoms with Gasteiger partial charge in [0, 0.05) is 15.5 Å². The van der Waals surface area contributed by atoms with Gasteiger partial charge < -0.3 is 5.32 Å². The monoisotopic (exact) mass is 355 g/mol. The highest BCUT2D eigenvalue weighted by Gasteiger charge is 2.15. The Morgan fingerprint density at radius 2 is 2.05 bits per heavy atom. The number of hydrogen-bond acceptors (Lipinski definition) is 1. The summed E-state index contributed by atoms with van der Waals surface area (Å²) < 4.78 is 14.3. The van der Waals surface area contributed by atoms with Gasteiger partial charge in [-0.05, 0) is 54.4 Å². The molecule has 4 heteroatoms. The van der Waals surface area contributed by atoms with Crippen molar-refractivity contribution >= 4 is 27.5 Å². The molecule has 106 valence electrons. The van der Waals surface area contributed by atoms with Gasteiger partial charge in [0.25, 0.3) is 0 Å². The first kappa shape index (κ1) is 15.5. The molecule has 0 aliphatic carbocycles. The first-order valence-corrected chi connectivity index (χ1v) is 7.70. The van der Waals surface area contributed by atoms with Gasteiger partial charge in [-0.1, -0.05) is 46.6 Å². The molecule has 1 atom stereocenters. The van der Waals surface area contributed by atoms with Crippen LogP contribution in [0.3, 0.4) is 0 Å². The molecule has 2 rings (SSSR count). The molecule has 1 unspecified atom stereocenters. The summed E-state index contributed by atoms with van der Waals surface area (Å²) in [4.78, 5) is 0. The molecule has 0 aromatic heterocycles. The Labute approximate surface area is 132 Å². The van der Waals surface area contributed by atoms with E-state index in [1.54, 1.807) is 12.1 Å². The second-order valence-electron chi connectivity index (χ2n) is 4.61. The zero-order chi connectivity index (χ0) is 14.5. The molecule has 0 saturated heterocycles. The summed E-state index contributed by atoms with van der Waals surface area (Å²) in [5.74, 6) is -0.206. The van der Waals surface area contributed by atoms with Gasteiger partial charge in [-0.25, -0.2) is 4.39 Å². The third-order valence-corrected chi connectivity index (χ3v) is 4.07. The Bertz CT molecular complexity index is 588. The minimum Gasteiger partial charge on any atom is -0.310 e. The van der Waals surface area contributed by atoms with E-state index in [9.17, 15) is 4.39 Å². The Morgan fingerprint density at radius 1 is 1.25 bits per heavy atom. The maximum atomic E-state index is 13.3. The molecule has 1 N–H and O–H groups in total. The van der Waals surface area contributed by atoms with Crippen LogP contribution >= 0.6 is 27.5 Å². The van der Waals surface area contributed by atoms with Gasteiger partial charge in [0.15, 0.2) is 0 Å². The van der Waals surface area contributed by atoms with Crippen molar-refractivity contribution in [2.45, 2.75) is 19.4 Å². The topological polar surface area (TPSA) is 12.0 Å². The summed E-state index contributed by atoms with van der Waals surface area (Å²) >= 11 is 9.64. The second kappa shape index (κ2) is 7.21. The summed E-state index contributed by atoms with van der Waals surface area (Å²) in [5, 5.41) is 4.12. The van der Waals surface area contributed by atoms with Gasteiger partial charge in [0.1, 0.15) is 5.82 Å². The molecule has 0 saturated carbocycles. The minimum absolute atomic E-state index is 0.0925. The largest absolute Gasteiger partial charge is 0.310 e. The quantitative estimate of drug-likeness (QED) is 0.782. The Balaban J connectivity index is 2.29. The van der Waals surface area contributed by atoms with E-state index >= 15 is 0 Å². The van der Waals surface area contributed by atoms with Crippen molar-refractivity contribution in [3.05, 3.63) is 68.9 Å². The molecule has 0 bridgehead atoms. The lowest BCUT2D eigenvalue weighted by Gasteiger charge is -2.20. The molecular weight excluding hydrogens is 341 g/mol. The van der Waals surface area contributed by atoms with Crippen LogP contribution in [0, 0.1) is 5.82 Å². The number of hydrogen-bond donors (Lipinski definition) is 1. The maximum absolute atomic E-state index is 13.3. The lowest BCUT2D eigenvalue weighted by molar-refractivity contribution is 0.545. The molecule has 0 amide bonds. The maximum Gasteiger partial charge on any atom is 0.123 e. The zero-order valence-corrected chi connectivity index (χ0v) is 13.5. The minimum atomic E-state index is -0.206. The fraction of sp³-hybridized carbons (Fsp3) is 0.250. The molecule has 0 fully saturated rings. The highest BCUT2D eigenvalue weighted by atomic mass is 79.9. The highest BCUT2D eigenvalue weighted by molar-refractivity contribution is 9.10. The molecule has 0 aliphatic rings. The van der Waals surface area contributed by atoms with Crippen LogP contribution in [0.2, 0.25) is 5.02 Å². The van der Waals surface area contributed by atoms with Crippen molar-refractivity contribution in [3.63, 3.8) is 0 Å². The van der Waals surface area contributed by atoms with E-state index in [1.165, 1.54) is 6.07 Å². The smallest absolute Gasteiger partial charge is 0.123 e. The standard InChI is InChI=1S/C16H16BrClFN/c1-2-20-16(9-11-4-3-5-13(19)8-11)14-10-12(18)6-7-15(14)17/h3-8,10,16,20H,2,9H2,1H3. The van der Waals surface area contributed by atoms with Crippen molar-refractivity contribution < 1.29 is 4.39 Å². The van der Waals surface area contributed by atoms with Crippen molar-refractivity contribution in [1.82, 2.24) is 5.32 Å². The summed E-state index contributed by atoms with van der Waals surface area (Å²) in [7, 11) is 0. The number of nitrogens with one attached hydrogen (secondary N) is 1. The predicted octanol–water partition coefficient (Wildman–Crippen LogP) is 5.13. The molecule has 0 heterocycles. The van der Waals surface area contributed by atoms with Gasteiger partial charge in [-0.15, -0.1) is 0 Å². The SMILES string of the molecule is CCNC(Cc1cccc(F)c1)c1cc(Cl)ccc1Br. The molecule has 0 aliphatic heterocycles. The van der Waals surface area contributed by atoms with Crippen LogP contribution in [0.5, 0.6) is 0 Å². The summed E-state index contributed by atoms with van der Waals surface area (Å²) in [6.45, 7) is 2.88. The Hall–Kier alpha value is -0.900. The Morgan fingerprint density at radius 3 is 2.75 bits per heavy atom. The number of rotatable bonds is 5. The second-order valence-corrected chi connectivity index (χ2v) is 5.90. The molecule has 2 aromatic carbocycles. The number of likely N-dealkylation sites (N-methyl/N-ethyl adjacent to an activating group) is 1. The predicted molar refractivity (Wildman–Crippen MR) is 85.7 cm³/mol. The van der Waals surface area contributed by atoms with Crippen molar-refractivity contribution in [3.8, 4) is 0 Å². The van der Waals surface area contributed by atoms with Crippen LogP contribution in [-0.4, -0.2) is 6.54 Å². The summed E-state index contributed by atoms with van der Waals surface area (Å²) in [6, 6.07) is 12.5. The fourth-order valence-corrected chi connectivity index (χ4v) is 2.92. The first-order valence-electron chi connectivity index (χ1n) is 6.53. The van der Waals surface area contributed by atoms with E-state index in [4.69, 9.17) is 11.6 Å². The van der Waals surface area contributed by atoms with Crippen molar-refractivity contribution in [2.75, 3.05) is 6.54 Å². The third-order valence-electron chi connectivity index (χ3n) is 3.11. The first-order chi connectivity index (χ1) is 9.60. The lowest BCUT2D eigenvalue weighted by atomic mass is 9.98. The third kappa shape index (κ3) is 4.05. The fourth-order valence-electron chi connectivity index (χ4n) is 2.22. The molecular formula is C16H16BrClFN. The van der Waals surface area contributed by atoms with E-state index in [-0.39, 0.29) is 11.9 Å². The van der Waals surface area contributed by atoms with E-state index in [1.807, 2.05) is 24.3 Å². The highest BCUT2D eigenvalue weighted by Crippen LogP contribution is 2.29. The van der Waals surface area contributed by atoms with Gasteiger partial charge in [-0.2, -0.15) is 0 Å². The van der Waals surface area contributed by atoms with Crippen LogP contribution in [0.25, 0.3) is 0 Å². The van der Waals surface area contributed by atoms with E-state index < -0.39 is 0 Å². The Kier molecular flexibility index (Phi) is 5.58. The van der Waals surface area contributed by atoms with Crippen LogP contribution in [0.1, 0.15) is 24.1 Å². The molecule has 20 heavy (non-hydrogen) atoms. The molecule has 0 spiro atoms. The summed E-state index contributed by atoms with van der Waals surface area (Å²) in [5.41, 5.74) is 2.05. The number of benzene rings is 2. The van der Waals surface area contributed by atoms with Crippen LogP contribution in [0.4, 0.5) is 4.39 Å². The average molecular weight is 357 g/mol. The van der Waals surface area contributed by atoms with Crippen LogP contribution < -0.4 is 5.32 Å². The molecule has 1 nitrogen and oxygen atoms in total. The van der Waals surface area contributed by atoms with E-state index in [2.05, 4.69) is 28.2 Å². The summed E-state index contributed by atoms with van der Waals surface area (Å²) in [6.07, 6.45) is 0.713. The normalized spacial score (nSPS) is 12.4. The van der Waals surface area contributed by atoms with Gasteiger partial charge in [0.05, 0.1) is 0 Å². The van der Waals surface area contributed by atoms with Crippen LogP contribution in [0.15, 0.2) is 46.9 Å². The zero-order valence-electron chi connectivity index (χ0n) is 11.2. The van der Waals surface area contributed by atoms with E-state index in [0.29, 0.717) is 11.4 Å². The molecule has 2 aromatic rings. The van der Waals surface area contributed by atoms with Crippen molar-refractivity contribution in [2.24, 2.45) is 0 Å². The van der Waals surface area contributed by atoms with E-state index in [0.717, 1.165) is 22.1 Å². The van der Waals surface area contributed by atoms with Gasteiger partial charge >= 0.3 is 0 Å².